The Bertz CT molecular complexity index is 1130. The van der Waals surface area contributed by atoms with Crippen molar-refractivity contribution in [3.8, 4) is 0 Å². The Balaban J connectivity index is 1.71. The zero-order chi connectivity index (χ0) is 21.2. The lowest BCUT2D eigenvalue weighted by atomic mass is 10.2. The predicted octanol–water partition coefficient (Wildman–Crippen LogP) is 0.0155. The molecule has 0 unspecified atom stereocenters. The van der Waals surface area contributed by atoms with Crippen molar-refractivity contribution in [3.63, 3.8) is 0 Å². The first-order valence-electron chi connectivity index (χ1n) is 9.15. The van der Waals surface area contributed by atoms with Crippen molar-refractivity contribution in [2.24, 2.45) is 14.1 Å². The summed E-state index contributed by atoms with van der Waals surface area (Å²) in [6.07, 6.45) is 2.71. The van der Waals surface area contributed by atoms with Gasteiger partial charge in [0.2, 0.25) is 10.0 Å². The van der Waals surface area contributed by atoms with Crippen LogP contribution in [0.25, 0.3) is 0 Å². The molecule has 2 aromatic rings. The predicted molar refractivity (Wildman–Crippen MR) is 107 cm³/mol. The van der Waals surface area contributed by atoms with Crippen LogP contribution in [-0.4, -0.2) is 40.9 Å². The molecule has 1 aliphatic rings. The van der Waals surface area contributed by atoms with Gasteiger partial charge in [-0.05, 0) is 37.1 Å². The van der Waals surface area contributed by atoms with Gasteiger partial charge in [0.05, 0.1) is 4.90 Å². The summed E-state index contributed by atoms with van der Waals surface area (Å²) in [7, 11) is -0.760. The SMILES string of the molecule is Cn1c(NNC(=O)c2ccc(S(=O)(=O)N3CCCCC3)cc2)cc(=O)n(C)c1=O. The molecule has 3 rings (SSSR count). The molecule has 1 aliphatic heterocycles. The minimum Gasteiger partial charge on any atom is -0.283 e. The monoisotopic (exact) mass is 421 g/mol. The van der Waals surface area contributed by atoms with Crippen LogP contribution in [0, 0.1) is 0 Å². The van der Waals surface area contributed by atoms with Crippen LogP contribution in [0.2, 0.25) is 0 Å². The Morgan fingerprint density at radius 1 is 0.966 bits per heavy atom. The topological polar surface area (TPSA) is 123 Å². The summed E-state index contributed by atoms with van der Waals surface area (Å²) in [5.74, 6) is -0.421. The molecule has 1 fully saturated rings. The Hall–Kier alpha value is -2.92. The second kappa shape index (κ2) is 8.21. The molecule has 1 aromatic heterocycles. The second-order valence-electron chi connectivity index (χ2n) is 6.84. The molecular weight excluding hydrogens is 398 g/mol. The number of hydrazine groups is 1. The average molecular weight is 421 g/mol. The number of hydrogen-bond donors (Lipinski definition) is 2. The Labute approximate surface area is 167 Å². The van der Waals surface area contributed by atoms with Crippen molar-refractivity contribution in [1.82, 2.24) is 18.9 Å². The van der Waals surface area contributed by atoms with Crippen LogP contribution in [0.1, 0.15) is 29.6 Å². The molecule has 11 heteroatoms. The van der Waals surface area contributed by atoms with E-state index in [1.165, 1.54) is 53.3 Å². The average Bonchev–Trinajstić information content (AvgIpc) is 2.74. The van der Waals surface area contributed by atoms with Gasteiger partial charge in [-0.3, -0.25) is 29.6 Å². The molecule has 1 aromatic carbocycles. The van der Waals surface area contributed by atoms with Gasteiger partial charge in [-0.1, -0.05) is 6.42 Å². The number of carbonyl (C=O) groups excluding carboxylic acids is 1. The van der Waals surface area contributed by atoms with Gasteiger partial charge >= 0.3 is 5.69 Å². The number of aromatic nitrogens is 2. The summed E-state index contributed by atoms with van der Waals surface area (Å²) < 4.78 is 28.9. The molecule has 2 N–H and O–H groups in total. The zero-order valence-electron chi connectivity index (χ0n) is 16.2. The molecule has 0 radical (unpaired) electrons. The summed E-state index contributed by atoms with van der Waals surface area (Å²) in [6, 6.07) is 6.80. The number of carbonyl (C=O) groups is 1. The summed E-state index contributed by atoms with van der Waals surface area (Å²) in [6.45, 7) is 1.01. The van der Waals surface area contributed by atoms with E-state index in [0.717, 1.165) is 23.8 Å². The fourth-order valence-electron chi connectivity index (χ4n) is 3.08. The third-order valence-corrected chi connectivity index (χ3v) is 6.81. The lowest BCUT2D eigenvalue weighted by Gasteiger charge is -2.25. The first-order valence-corrected chi connectivity index (χ1v) is 10.6. The highest BCUT2D eigenvalue weighted by Crippen LogP contribution is 2.20. The number of nitrogens with one attached hydrogen (secondary N) is 2. The minimum atomic E-state index is -3.57. The van der Waals surface area contributed by atoms with Crippen molar-refractivity contribution < 1.29 is 13.2 Å². The van der Waals surface area contributed by atoms with E-state index in [9.17, 15) is 22.8 Å². The Morgan fingerprint density at radius 3 is 2.21 bits per heavy atom. The summed E-state index contributed by atoms with van der Waals surface area (Å²) >= 11 is 0. The number of nitrogens with zero attached hydrogens (tertiary/aromatic N) is 3. The summed E-state index contributed by atoms with van der Waals surface area (Å²) in [5, 5.41) is 0. The van der Waals surface area contributed by atoms with E-state index in [1.54, 1.807) is 0 Å². The maximum absolute atomic E-state index is 12.7. The number of sulfonamides is 1. The molecule has 0 aliphatic carbocycles. The lowest BCUT2D eigenvalue weighted by Crippen LogP contribution is -2.40. The normalized spacial score (nSPS) is 15.1. The van der Waals surface area contributed by atoms with Crippen molar-refractivity contribution in [2.75, 3.05) is 18.5 Å². The molecule has 0 bridgehead atoms. The number of piperidine rings is 1. The van der Waals surface area contributed by atoms with Crippen LogP contribution in [0.5, 0.6) is 0 Å². The lowest BCUT2D eigenvalue weighted by molar-refractivity contribution is 0.0962. The van der Waals surface area contributed by atoms with Gasteiger partial charge in [-0.15, -0.1) is 0 Å². The fraction of sp³-hybridized carbons (Fsp3) is 0.389. The number of rotatable bonds is 5. The van der Waals surface area contributed by atoms with Crippen molar-refractivity contribution in [2.45, 2.75) is 24.2 Å². The van der Waals surface area contributed by atoms with Gasteiger partial charge < -0.3 is 0 Å². The van der Waals surface area contributed by atoms with Gasteiger partial charge in [0.1, 0.15) is 5.82 Å². The van der Waals surface area contributed by atoms with Crippen LogP contribution in [0.3, 0.4) is 0 Å². The first-order chi connectivity index (χ1) is 13.7. The maximum Gasteiger partial charge on any atom is 0.332 e. The molecule has 156 valence electrons. The van der Waals surface area contributed by atoms with Gasteiger partial charge in [0.15, 0.2) is 0 Å². The summed E-state index contributed by atoms with van der Waals surface area (Å²) in [5.41, 5.74) is 4.10. The molecule has 29 heavy (non-hydrogen) atoms. The number of amides is 1. The zero-order valence-corrected chi connectivity index (χ0v) is 17.0. The third kappa shape index (κ3) is 4.25. The quantitative estimate of drug-likeness (QED) is 0.656. The van der Waals surface area contributed by atoms with Crippen LogP contribution >= 0.6 is 0 Å². The highest BCUT2D eigenvalue weighted by molar-refractivity contribution is 7.89. The van der Waals surface area contributed by atoms with Gasteiger partial charge in [-0.2, -0.15) is 4.31 Å². The molecule has 2 heterocycles. The van der Waals surface area contributed by atoms with Crippen LogP contribution < -0.4 is 22.1 Å². The number of anilines is 1. The molecule has 10 nitrogen and oxygen atoms in total. The Kier molecular flexibility index (Phi) is 5.89. The fourth-order valence-corrected chi connectivity index (χ4v) is 4.60. The van der Waals surface area contributed by atoms with Gasteiger partial charge in [-0.25, -0.2) is 13.2 Å². The minimum absolute atomic E-state index is 0.121. The van der Waals surface area contributed by atoms with E-state index in [1.807, 2.05) is 0 Å². The third-order valence-electron chi connectivity index (χ3n) is 4.90. The molecular formula is C18H23N5O5S. The number of benzene rings is 1. The summed E-state index contributed by atoms with van der Waals surface area (Å²) in [4.78, 5) is 36.1. The van der Waals surface area contributed by atoms with Gasteiger partial charge in [0.25, 0.3) is 11.5 Å². The second-order valence-corrected chi connectivity index (χ2v) is 8.77. The smallest absolute Gasteiger partial charge is 0.283 e. The van der Waals surface area contributed by atoms with Crippen molar-refractivity contribution in [1.29, 1.82) is 0 Å². The highest BCUT2D eigenvalue weighted by atomic mass is 32.2. The van der Waals surface area contributed by atoms with E-state index in [-0.39, 0.29) is 16.3 Å². The maximum atomic E-state index is 12.7. The Morgan fingerprint density at radius 2 is 1.59 bits per heavy atom. The molecule has 0 atom stereocenters. The largest absolute Gasteiger partial charge is 0.332 e. The molecule has 1 amide bonds. The standard InChI is InChI=1S/C18H23N5O5S/c1-21-15(12-16(24)22(2)18(21)26)19-20-17(25)13-6-8-14(9-7-13)29(27,28)23-10-4-3-5-11-23/h6-9,12,19H,3-5,10-11H2,1-2H3,(H,20,25). The van der Waals surface area contributed by atoms with Crippen LogP contribution in [0.15, 0.2) is 44.8 Å². The van der Waals surface area contributed by atoms with Crippen molar-refractivity contribution in [3.05, 3.63) is 56.7 Å². The van der Waals surface area contributed by atoms with E-state index >= 15 is 0 Å². The molecule has 0 spiro atoms. The molecule has 1 saturated heterocycles. The molecule has 0 saturated carbocycles. The van der Waals surface area contributed by atoms with Crippen molar-refractivity contribution >= 4 is 21.7 Å². The van der Waals surface area contributed by atoms with E-state index in [2.05, 4.69) is 10.9 Å². The first kappa shape index (κ1) is 20.8. The van der Waals surface area contributed by atoms with E-state index in [4.69, 9.17) is 0 Å². The number of hydrogen-bond acceptors (Lipinski definition) is 6. The van der Waals surface area contributed by atoms with Crippen LogP contribution in [0.4, 0.5) is 5.82 Å². The van der Waals surface area contributed by atoms with E-state index < -0.39 is 27.2 Å². The van der Waals surface area contributed by atoms with E-state index in [0.29, 0.717) is 13.1 Å². The van der Waals surface area contributed by atoms with Gasteiger partial charge in [0, 0.05) is 38.8 Å². The van der Waals surface area contributed by atoms with Crippen LogP contribution in [-0.2, 0) is 24.1 Å². The highest BCUT2D eigenvalue weighted by Gasteiger charge is 2.25.